The minimum atomic E-state index is -0.288. The Kier molecular flexibility index (Phi) is 4.26. The smallest absolute Gasteiger partial charge is 0.221 e. The molecular weight excluding hydrogens is 291 g/mol. The highest BCUT2D eigenvalue weighted by Crippen LogP contribution is 2.19. The van der Waals surface area contributed by atoms with E-state index < -0.39 is 0 Å². The van der Waals surface area contributed by atoms with E-state index in [1.54, 1.807) is 18.3 Å². The molecule has 0 amide bonds. The van der Waals surface area contributed by atoms with Gasteiger partial charge in [-0.05, 0) is 26.0 Å². The predicted molar refractivity (Wildman–Crippen MR) is 88.8 cm³/mol. The van der Waals surface area contributed by atoms with Crippen molar-refractivity contribution in [3.8, 4) is 0 Å². The molecule has 0 radical (unpaired) electrons. The van der Waals surface area contributed by atoms with Gasteiger partial charge in [0.15, 0.2) is 0 Å². The number of H-pyrrole nitrogens is 1. The number of nitrogens with two attached hydrogens (primary N) is 1. The maximum absolute atomic E-state index is 13.9. The number of ketones is 1. The van der Waals surface area contributed by atoms with Crippen molar-refractivity contribution < 1.29 is 14.5 Å². The maximum atomic E-state index is 13.9. The lowest BCUT2D eigenvalue weighted by Crippen LogP contribution is -2.91. The van der Waals surface area contributed by atoms with E-state index >= 15 is 0 Å². The van der Waals surface area contributed by atoms with E-state index in [1.807, 2.05) is 49.5 Å². The molecule has 0 unspecified atom stereocenters. The van der Waals surface area contributed by atoms with Crippen LogP contribution in [0.5, 0.6) is 0 Å². The summed E-state index contributed by atoms with van der Waals surface area (Å²) in [6.45, 7) is 3.78. The Morgan fingerprint density at radius 2 is 1.78 bits per heavy atom. The van der Waals surface area contributed by atoms with Gasteiger partial charge in [0.25, 0.3) is 0 Å². The molecule has 0 spiro atoms. The van der Waals surface area contributed by atoms with Crippen molar-refractivity contribution >= 4 is 16.7 Å². The number of aromatic amines is 1. The van der Waals surface area contributed by atoms with Crippen molar-refractivity contribution in [3.63, 3.8) is 0 Å². The summed E-state index contributed by atoms with van der Waals surface area (Å²) in [5.41, 5.74) is 2.25. The minimum absolute atomic E-state index is 0.0469. The second-order valence-corrected chi connectivity index (χ2v) is 5.90. The number of nitrogens with one attached hydrogen (secondary N) is 1. The Labute approximate surface area is 134 Å². The summed E-state index contributed by atoms with van der Waals surface area (Å²) in [6, 6.07) is 14.0. The summed E-state index contributed by atoms with van der Waals surface area (Å²) < 4.78 is 13.9. The molecule has 0 fully saturated rings. The number of halogens is 1. The van der Waals surface area contributed by atoms with E-state index in [4.69, 9.17) is 0 Å². The highest BCUT2D eigenvalue weighted by atomic mass is 19.1. The van der Waals surface area contributed by atoms with Gasteiger partial charge in [0.2, 0.25) is 5.78 Å². The Hall–Kier alpha value is -2.46. The minimum Gasteiger partial charge on any atom is -0.360 e. The average Bonchev–Trinajstić information content (AvgIpc) is 2.98. The molecule has 118 valence electrons. The molecule has 4 heteroatoms. The number of fused-ring (bicyclic) bond motifs is 1. The molecule has 0 saturated carbocycles. The van der Waals surface area contributed by atoms with Gasteiger partial charge >= 0.3 is 0 Å². The molecule has 0 saturated heterocycles. The van der Waals surface area contributed by atoms with E-state index in [-0.39, 0.29) is 23.7 Å². The van der Waals surface area contributed by atoms with E-state index in [0.717, 1.165) is 10.9 Å². The number of quaternary nitrogens is 1. The molecule has 3 N–H and O–H groups in total. The maximum Gasteiger partial charge on any atom is 0.221 e. The SMILES string of the molecule is C[C@H]([NH2+][C@H](C)C(=O)c1c[nH]c2ccccc12)c1ccccc1F. The topological polar surface area (TPSA) is 49.5 Å². The molecule has 0 aliphatic rings. The molecule has 0 aliphatic heterocycles. The first-order valence-electron chi connectivity index (χ1n) is 7.77. The van der Waals surface area contributed by atoms with Crippen molar-refractivity contribution in [1.29, 1.82) is 0 Å². The number of rotatable bonds is 5. The van der Waals surface area contributed by atoms with Crippen LogP contribution in [0, 0.1) is 5.82 Å². The van der Waals surface area contributed by atoms with Gasteiger partial charge in [0, 0.05) is 28.2 Å². The first-order chi connectivity index (χ1) is 11.1. The zero-order chi connectivity index (χ0) is 16.4. The van der Waals surface area contributed by atoms with E-state index in [0.29, 0.717) is 11.1 Å². The Bertz CT molecular complexity index is 840. The van der Waals surface area contributed by atoms with Gasteiger partial charge in [0.05, 0.1) is 0 Å². The molecule has 3 aromatic rings. The molecule has 0 aliphatic carbocycles. The first-order valence-corrected chi connectivity index (χ1v) is 7.77. The number of hydrogen-bond donors (Lipinski definition) is 2. The summed E-state index contributed by atoms with van der Waals surface area (Å²) in [6.07, 6.45) is 1.76. The normalized spacial score (nSPS) is 13.9. The molecule has 23 heavy (non-hydrogen) atoms. The largest absolute Gasteiger partial charge is 0.360 e. The Morgan fingerprint density at radius 1 is 1.09 bits per heavy atom. The third kappa shape index (κ3) is 3.03. The average molecular weight is 311 g/mol. The standard InChI is InChI=1S/C19H19FN2O/c1-12(14-7-3-5-9-17(14)20)22-13(2)19(23)16-11-21-18-10-6-4-8-15(16)18/h3-13,21-22H,1-2H3/p+1/t12-,13+/m0/s1. The van der Waals surface area contributed by atoms with Crippen LogP contribution in [0.1, 0.15) is 35.8 Å². The van der Waals surface area contributed by atoms with Crippen molar-refractivity contribution in [2.75, 3.05) is 0 Å². The molecule has 3 rings (SSSR count). The number of carbonyl (C=O) groups is 1. The number of hydrogen-bond acceptors (Lipinski definition) is 1. The molecule has 3 nitrogen and oxygen atoms in total. The van der Waals surface area contributed by atoms with Gasteiger partial charge in [-0.1, -0.05) is 36.4 Å². The van der Waals surface area contributed by atoms with Crippen LogP contribution in [0.25, 0.3) is 10.9 Å². The van der Waals surface area contributed by atoms with Gasteiger partial charge in [-0.15, -0.1) is 0 Å². The quantitative estimate of drug-likeness (QED) is 0.699. The van der Waals surface area contributed by atoms with E-state index in [1.165, 1.54) is 6.07 Å². The molecule has 2 atom stereocenters. The molecule has 0 bridgehead atoms. The van der Waals surface area contributed by atoms with Crippen LogP contribution < -0.4 is 5.32 Å². The Morgan fingerprint density at radius 3 is 2.57 bits per heavy atom. The molecule has 1 heterocycles. The summed E-state index contributed by atoms with van der Waals surface area (Å²) >= 11 is 0. The highest BCUT2D eigenvalue weighted by molar-refractivity contribution is 6.09. The summed E-state index contributed by atoms with van der Waals surface area (Å²) in [4.78, 5) is 15.8. The number of carbonyl (C=O) groups excluding carboxylic acids is 1. The second kappa shape index (κ2) is 6.34. The first kappa shape index (κ1) is 15.4. The van der Waals surface area contributed by atoms with Crippen LogP contribution in [-0.4, -0.2) is 16.8 Å². The number of aromatic nitrogens is 1. The van der Waals surface area contributed by atoms with Crippen molar-refractivity contribution in [3.05, 3.63) is 71.7 Å². The van der Waals surface area contributed by atoms with Crippen LogP contribution in [-0.2, 0) is 0 Å². The van der Waals surface area contributed by atoms with Gasteiger partial charge in [-0.2, -0.15) is 0 Å². The lowest BCUT2D eigenvalue weighted by Gasteiger charge is -2.16. The third-order valence-electron chi connectivity index (χ3n) is 4.24. The summed E-state index contributed by atoms with van der Waals surface area (Å²) in [7, 11) is 0. The number of para-hydroxylation sites is 1. The molecule has 2 aromatic carbocycles. The van der Waals surface area contributed by atoms with Gasteiger partial charge in [-0.3, -0.25) is 4.79 Å². The fourth-order valence-electron chi connectivity index (χ4n) is 2.99. The van der Waals surface area contributed by atoms with Crippen LogP contribution in [0.3, 0.4) is 0 Å². The van der Waals surface area contributed by atoms with Crippen molar-refractivity contribution in [2.45, 2.75) is 25.9 Å². The van der Waals surface area contributed by atoms with Crippen LogP contribution in [0.4, 0.5) is 4.39 Å². The van der Waals surface area contributed by atoms with Crippen molar-refractivity contribution in [2.24, 2.45) is 0 Å². The lowest BCUT2D eigenvalue weighted by atomic mass is 10.0. The Balaban J connectivity index is 1.79. The van der Waals surface area contributed by atoms with Crippen LogP contribution in [0.2, 0.25) is 0 Å². The van der Waals surface area contributed by atoms with Crippen molar-refractivity contribution in [1.82, 2.24) is 4.98 Å². The van der Waals surface area contributed by atoms with E-state index in [2.05, 4.69) is 4.98 Å². The second-order valence-electron chi connectivity index (χ2n) is 5.90. The number of Topliss-reactive ketones (excluding diaryl/α,β-unsaturated/α-hetero) is 1. The van der Waals surface area contributed by atoms with Crippen LogP contribution >= 0.6 is 0 Å². The molecule has 1 aromatic heterocycles. The third-order valence-corrected chi connectivity index (χ3v) is 4.24. The van der Waals surface area contributed by atoms with Gasteiger partial charge in [0.1, 0.15) is 17.9 Å². The van der Waals surface area contributed by atoms with Crippen LogP contribution in [0.15, 0.2) is 54.7 Å². The van der Waals surface area contributed by atoms with Gasteiger partial charge < -0.3 is 10.3 Å². The highest BCUT2D eigenvalue weighted by Gasteiger charge is 2.24. The van der Waals surface area contributed by atoms with E-state index in [9.17, 15) is 9.18 Å². The summed E-state index contributed by atoms with van der Waals surface area (Å²) in [5.74, 6) is -0.186. The van der Waals surface area contributed by atoms with Gasteiger partial charge in [-0.25, -0.2) is 4.39 Å². The zero-order valence-corrected chi connectivity index (χ0v) is 13.2. The fraction of sp³-hybridized carbons (Fsp3) is 0.211. The number of benzene rings is 2. The summed E-state index contributed by atoms with van der Waals surface area (Å²) in [5, 5.41) is 2.83. The monoisotopic (exact) mass is 311 g/mol. The lowest BCUT2D eigenvalue weighted by molar-refractivity contribution is -0.709. The zero-order valence-electron chi connectivity index (χ0n) is 13.2. The molecular formula is C19H20FN2O+. The fourth-order valence-corrected chi connectivity index (χ4v) is 2.99. The predicted octanol–water partition coefficient (Wildman–Crippen LogP) is 3.20.